The van der Waals surface area contributed by atoms with E-state index in [1.165, 1.54) is 14.2 Å². The van der Waals surface area contributed by atoms with Crippen molar-refractivity contribution in [1.82, 2.24) is 20.4 Å². The molecule has 10 nitrogen and oxygen atoms in total. The van der Waals surface area contributed by atoms with E-state index >= 15 is 0 Å². The Morgan fingerprint density at radius 3 is 2.57 bits per heavy atom. The van der Waals surface area contributed by atoms with Gasteiger partial charge in [-0.25, -0.2) is 4.79 Å². The second-order valence-corrected chi connectivity index (χ2v) is 7.15. The maximum absolute atomic E-state index is 12.3. The second kappa shape index (κ2) is 8.76. The largest absolute Gasteiger partial charge is 0.494 e. The molecule has 4 N–H and O–H groups in total. The summed E-state index contributed by atoms with van der Waals surface area (Å²) < 4.78 is 5.48. The fraction of sp³-hybridized carbons (Fsp3) is 0.350. The van der Waals surface area contributed by atoms with Crippen molar-refractivity contribution in [2.24, 2.45) is 5.92 Å². The van der Waals surface area contributed by atoms with Crippen LogP contribution in [0.15, 0.2) is 24.3 Å². The zero-order valence-corrected chi connectivity index (χ0v) is 17.4. The molecule has 1 saturated heterocycles. The van der Waals surface area contributed by atoms with Gasteiger partial charge in [0.05, 0.1) is 18.5 Å². The van der Waals surface area contributed by atoms with Gasteiger partial charge in [0, 0.05) is 37.5 Å². The highest BCUT2D eigenvalue weighted by Gasteiger charge is 2.27. The van der Waals surface area contributed by atoms with Gasteiger partial charge in [-0.15, -0.1) is 10.2 Å². The molecule has 2 heterocycles. The lowest BCUT2D eigenvalue weighted by atomic mass is 10.0. The van der Waals surface area contributed by atoms with Crippen molar-refractivity contribution in [3.8, 4) is 5.75 Å². The monoisotopic (exact) mass is 411 g/mol. The Morgan fingerprint density at radius 1 is 1.23 bits per heavy atom. The Hall–Kier alpha value is -3.69. The second-order valence-electron chi connectivity index (χ2n) is 7.15. The molecule has 0 atom stereocenters. The molecule has 1 aromatic heterocycles. The lowest BCUT2D eigenvalue weighted by molar-refractivity contribution is 0.0958. The molecule has 158 valence electrons. The lowest BCUT2D eigenvalue weighted by Crippen LogP contribution is -2.50. The molecule has 1 aliphatic rings. The Labute approximate surface area is 174 Å². The highest BCUT2D eigenvalue weighted by molar-refractivity contribution is 6.02. The minimum absolute atomic E-state index is 0.0621. The van der Waals surface area contributed by atoms with E-state index in [9.17, 15) is 9.59 Å². The number of aromatic nitrogens is 2. The highest BCUT2D eigenvalue weighted by atomic mass is 16.5. The van der Waals surface area contributed by atoms with Gasteiger partial charge in [0.25, 0.3) is 5.91 Å². The van der Waals surface area contributed by atoms with E-state index in [0.29, 0.717) is 47.4 Å². The van der Waals surface area contributed by atoms with Crippen LogP contribution in [0.1, 0.15) is 29.9 Å². The fourth-order valence-electron chi connectivity index (χ4n) is 3.18. The molecule has 30 heavy (non-hydrogen) atoms. The predicted molar refractivity (Wildman–Crippen MR) is 114 cm³/mol. The average Bonchev–Trinajstić information content (AvgIpc) is 2.70. The van der Waals surface area contributed by atoms with E-state index in [1.807, 2.05) is 0 Å². The van der Waals surface area contributed by atoms with Crippen molar-refractivity contribution in [2.45, 2.75) is 13.8 Å². The van der Waals surface area contributed by atoms with Crippen molar-refractivity contribution in [2.75, 3.05) is 37.9 Å². The van der Waals surface area contributed by atoms with Crippen LogP contribution in [0.4, 0.5) is 22.0 Å². The molecule has 0 unspecified atom stereocenters. The number of ether oxygens (including phenoxy) is 1. The molecule has 3 rings (SSSR count). The number of anilines is 3. The van der Waals surface area contributed by atoms with Gasteiger partial charge in [-0.2, -0.15) is 0 Å². The van der Waals surface area contributed by atoms with Crippen LogP contribution in [0.2, 0.25) is 0 Å². The third-order valence-electron chi connectivity index (χ3n) is 4.71. The Bertz CT molecular complexity index is 986. The molecule has 10 heteroatoms. The first kappa shape index (κ1) is 21.0. The van der Waals surface area contributed by atoms with Gasteiger partial charge in [0.15, 0.2) is 17.3 Å². The zero-order valence-electron chi connectivity index (χ0n) is 17.4. The molecular formula is C20H25N7O3. The number of methoxy groups -OCH3 is 1. The summed E-state index contributed by atoms with van der Waals surface area (Å²) in [5, 5.41) is 24.3. The van der Waals surface area contributed by atoms with Crippen molar-refractivity contribution in [3.05, 3.63) is 35.5 Å². The average molecular weight is 411 g/mol. The molecule has 0 saturated carbocycles. The number of amides is 3. The van der Waals surface area contributed by atoms with Crippen molar-refractivity contribution < 1.29 is 14.3 Å². The number of rotatable bonds is 6. The number of carbonyl (C=O) groups is 2. The smallest absolute Gasteiger partial charge is 0.323 e. The van der Waals surface area contributed by atoms with E-state index < -0.39 is 5.91 Å². The van der Waals surface area contributed by atoms with Gasteiger partial charge in [0.1, 0.15) is 0 Å². The minimum Gasteiger partial charge on any atom is -0.494 e. The summed E-state index contributed by atoms with van der Waals surface area (Å²) in [4.78, 5) is 26.3. The van der Waals surface area contributed by atoms with E-state index in [-0.39, 0.29) is 17.5 Å². The number of carbonyl (C=O) groups excluding carboxylic acids is 2. The normalized spacial score (nSPS) is 13.3. The van der Waals surface area contributed by atoms with Crippen LogP contribution >= 0.6 is 0 Å². The van der Waals surface area contributed by atoms with Crippen LogP contribution in [-0.2, 0) is 0 Å². The quantitative estimate of drug-likeness (QED) is 0.540. The first-order valence-corrected chi connectivity index (χ1v) is 9.49. The minimum atomic E-state index is -0.433. The van der Waals surface area contributed by atoms with Crippen LogP contribution in [0.3, 0.4) is 0 Å². The number of hydrogen-bond donors (Lipinski definition) is 4. The molecule has 3 amide bonds. The van der Waals surface area contributed by atoms with Crippen LogP contribution < -0.4 is 20.7 Å². The first-order chi connectivity index (χ1) is 14.3. The standard InChI is InChI=1S/C20H25N7O3/c1-11-9-27(10-11)20(29)24-16-8-15(17(26-25-16)19(28)22-3)23-14-7-5-6-13(12(2)21)18(14)30-4/h5-8,11,21H,9-10H2,1-4H3,(H,22,28)(H2,23,24,25,29). The first-order valence-electron chi connectivity index (χ1n) is 9.49. The van der Waals surface area contributed by atoms with Crippen LogP contribution in [-0.4, -0.2) is 60.0 Å². The third kappa shape index (κ3) is 4.32. The summed E-state index contributed by atoms with van der Waals surface area (Å²) in [5.74, 6) is 0.724. The van der Waals surface area contributed by atoms with E-state index in [4.69, 9.17) is 10.1 Å². The third-order valence-corrected chi connectivity index (χ3v) is 4.71. The summed E-state index contributed by atoms with van der Waals surface area (Å²) in [7, 11) is 3.01. The van der Waals surface area contributed by atoms with Crippen molar-refractivity contribution >= 4 is 34.8 Å². The fourth-order valence-corrected chi connectivity index (χ4v) is 3.18. The van der Waals surface area contributed by atoms with E-state index in [0.717, 1.165) is 0 Å². The molecule has 2 aromatic rings. The molecule has 1 fully saturated rings. The molecule has 0 bridgehead atoms. The summed E-state index contributed by atoms with van der Waals surface area (Å²) in [6.45, 7) is 5.11. The number of nitrogens with one attached hydrogen (secondary N) is 4. The van der Waals surface area contributed by atoms with Crippen molar-refractivity contribution in [3.63, 3.8) is 0 Å². The Morgan fingerprint density at radius 2 is 1.97 bits per heavy atom. The van der Waals surface area contributed by atoms with Gasteiger partial charge in [-0.05, 0) is 25.0 Å². The van der Waals surface area contributed by atoms with Gasteiger partial charge in [-0.1, -0.05) is 13.0 Å². The van der Waals surface area contributed by atoms with E-state index in [2.05, 4.69) is 33.1 Å². The number of hydrogen-bond acceptors (Lipinski definition) is 7. The number of nitrogens with zero attached hydrogens (tertiary/aromatic N) is 3. The van der Waals surface area contributed by atoms with E-state index in [1.54, 1.807) is 36.1 Å². The lowest BCUT2D eigenvalue weighted by Gasteiger charge is -2.36. The van der Waals surface area contributed by atoms with Gasteiger partial charge in [0.2, 0.25) is 0 Å². The molecule has 0 spiro atoms. The molecular weight excluding hydrogens is 386 g/mol. The van der Waals surface area contributed by atoms with Gasteiger partial charge < -0.3 is 25.7 Å². The number of para-hydroxylation sites is 1. The maximum Gasteiger partial charge on any atom is 0.323 e. The zero-order chi connectivity index (χ0) is 21.8. The predicted octanol–water partition coefficient (Wildman–Crippen LogP) is 2.46. The molecule has 1 aliphatic heterocycles. The van der Waals surface area contributed by atoms with Gasteiger partial charge >= 0.3 is 6.03 Å². The topological polar surface area (TPSA) is 132 Å². The van der Waals surface area contributed by atoms with Crippen LogP contribution in [0, 0.1) is 11.3 Å². The Kier molecular flexibility index (Phi) is 6.14. The van der Waals surface area contributed by atoms with Crippen molar-refractivity contribution in [1.29, 1.82) is 5.41 Å². The summed E-state index contributed by atoms with van der Waals surface area (Å²) in [5.41, 5.74) is 1.91. The van der Waals surface area contributed by atoms with Gasteiger partial charge in [-0.3, -0.25) is 10.1 Å². The van der Waals surface area contributed by atoms with Crippen LogP contribution in [0.5, 0.6) is 5.75 Å². The summed E-state index contributed by atoms with van der Waals surface area (Å²) in [6, 6.07) is 6.60. The summed E-state index contributed by atoms with van der Waals surface area (Å²) >= 11 is 0. The molecule has 1 aromatic carbocycles. The maximum atomic E-state index is 12.3. The SMILES string of the molecule is CNC(=O)c1nnc(NC(=O)N2CC(C)C2)cc1Nc1cccc(C(C)=N)c1OC. The Balaban J connectivity index is 1.94. The highest BCUT2D eigenvalue weighted by Crippen LogP contribution is 2.33. The number of benzene rings is 1. The molecule has 0 aliphatic carbocycles. The number of urea groups is 1. The van der Waals surface area contributed by atoms with Crippen LogP contribution in [0.25, 0.3) is 0 Å². The number of likely N-dealkylation sites (tertiary alicyclic amines) is 1. The summed E-state index contributed by atoms with van der Waals surface area (Å²) in [6.07, 6.45) is 0. The molecule has 0 radical (unpaired) electrons.